The van der Waals surface area contributed by atoms with Crippen LogP contribution < -0.4 is 61.9 Å². The van der Waals surface area contributed by atoms with Crippen molar-refractivity contribution in [3.05, 3.63) is 176 Å². The summed E-state index contributed by atoms with van der Waals surface area (Å²) in [5, 5.41) is 133. The van der Waals surface area contributed by atoms with E-state index in [1.54, 1.807) is 13.0 Å². The first-order valence-electron chi connectivity index (χ1n) is 34.9. The monoisotopic (exact) mass is 1500 g/mol. The van der Waals surface area contributed by atoms with Crippen LogP contribution in [0.15, 0.2) is 115 Å². The Kier molecular flexibility index (Phi) is 21.3. The number of phenolic OH excluding ortho intramolecular Hbond substituents is 3. The molecule has 1 fully saturated rings. The molecule has 7 aliphatic heterocycles. The van der Waals surface area contributed by atoms with Gasteiger partial charge in [0.15, 0.2) is 29.0 Å². The summed E-state index contributed by atoms with van der Waals surface area (Å²) in [7, 11) is 0. The first-order valence-corrected chi connectivity index (χ1v) is 35.3. The molecule has 1 aliphatic carbocycles. The Morgan fingerprint density at radius 2 is 1.24 bits per heavy atom. The highest BCUT2D eigenvalue weighted by Crippen LogP contribution is 2.53. The van der Waals surface area contributed by atoms with Gasteiger partial charge in [0.2, 0.25) is 59.2 Å². The van der Waals surface area contributed by atoms with Gasteiger partial charge in [0.1, 0.15) is 95.5 Å². The Hall–Kier alpha value is -11.1. The molecular formula is C76H77ClN8O23. The van der Waals surface area contributed by atoms with E-state index in [1.807, 2.05) is 0 Å². The Morgan fingerprint density at radius 3 is 1.94 bits per heavy atom. The van der Waals surface area contributed by atoms with E-state index in [2.05, 4.69) is 44.1 Å². The number of carboxylic acids is 1. The van der Waals surface area contributed by atoms with Gasteiger partial charge in [0.05, 0.1) is 11.6 Å². The number of rotatable bonds is 13. The van der Waals surface area contributed by atoms with E-state index in [0.717, 1.165) is 86.7 Å². The number of aromatic hydroxyl groups is 3. The van der Waals surface area contributed by atoms with Gasteiger partial charge in [0.25, 0.3) is 0 Å². The fourth-order valence-electron chi connectivity index (χ4n) is 14.2. The van der Waals surface area contributed by atoms with Crippen LogP contribution in [0.25, 0.3) is 11.1 Å². The summed E-state index contributed by atoms with van der Waals surface area (Å²) in [6.45, 7) is 2.77. The van der Waals surface area contributed by atoms with Crippen LogP contribution in [0.2, 0.25) is 5.02 Å². The van der Waals surface area contributed by atoms with E-state index >= 15 is 24.0 Å². The number of aliphatic hydroxyl groups is 6. The number of phenols is 3. The van der Waals surface area contributed by atoms with E-state index in [0.29, 0.717) is 24.0 Å². The average molecular weight is 1510 g/mol. The number of carbonyl (C=O) groups is 8. The number of carbonyl (C=O) groups excluding carboxylic acids is 7. The number of aryl methyl sites for hydroxylation is 1. The molecule has 31 nitrogen and oxygen atoms in total. The lowest BCUT2D eigenvalue weighted by Gasteiger charge is -2.42. The fourth-order valence-corrected chi connectivity index (χ4v) is 14.5. The Labute approximate surface area is 619 Å². The van der Waals surface area contributed by atoms with E-state index in [1.165, 1.54) is 54.6 Å². The molecule has 0 spiro atoms. The zero-order chi connectivity index (χ0) is 76.9. The minimum absolute atomic E-state index is 0.00809. The van der Waals surface area contributed by atoms with Gasteiger partial charge in [-0.3, -0.25) is 33.6 Å². The molecule has 32 heteroatoms. The number of fused-ring (bicyclic) bond motifs is 11. The molecule has 7 aromatic carbocycles. The molecule has 19 N–H and O–H groups in total. The molecule has 15 rings (SSSR count). The normalized spacial score (nSPS) is 24.9. The smallest absolute Gasteiger partial charge is 0.330 e. The van der Waals surface area contributed by atoms with Crippen LogP contribution in [0, 0.1) is 6.92 Å². The Bertz CT molecular complexity index is 4790. The molecule has 1 saturated heterocycles. The van der Waals surface area contributed by atoms with Crippen LogP contribution >= 0.6 is 11.6 Å². The summed E-state index contributed by atoms with van der Waals surface area (Å²) in [5.41, 5.74) is 4.49. The van der Waals surface area contributed by atoms with E-state index < -0.39 is 184 Å². The standard InChI is InChI=1S/C76H77ClN8O23/c1-3-4-5-6-7-8-9-10-55(90)80-63-66(93)65(92)54(31-86)107-75(63)108-67-52-26-38-27-53(67)106-50-18-14-36(24-46(50)77)64(91)62-73(99)84-61(74(100)101)43-29-40(88)30-45-56(43)42-23-35(12-15-44(42)76(45,102)103)58(70(96)85-62)82-72(98)60(38)83-71(97)59-37-21-39(87)28-41(22-37)104-51-25-34(13-16-48(51)89)57(78)69(95)79-47(68(94)81-59)20-33-11-17-49(105-52)32(2)19-33/h11-19,21-30,47,54,57-66,75,86-89,91-93,102-103H,3-10,20,31,78H2,1-2H3,(H,79,95)(H,80,90)(H,81,94)(H,82,98)(H,83,97)(H,84,99)(H,85,96)(H,100,101)/t47-,54?,57-,58-,59?,60-,61+,62+,63?,64-,65-,66?,75+/m1/s1. The van der Waals surface area contributed by atoms with Gasteiger partial charge in [-0.25, -0.2) is 4.79 Å². The van der Waals surface area contributed by atoms with Gasteiger partial charge in [-0.15, -0.1) is 0 Å². The number of aliphatic carboxylic acids is 1. The van der Waals surface area contributed by atoms with Crippen molar-refractivity contribution in [3.8, 4) is 68.6 Å². The Morgan fingerprint density at radius 1 is 0.611 bits per heavy atom. The van der Waals surface area contributed by atoms with Crippen molar-refractivity contribution in [2.75, 3.05) is 6.61 Å². The maximum Gasteiger partial charge on any atom is 0.330 e. The molecule has 566 valence electrons. The molecule has 8 aliphatic rings. The predicted molar refractivity (Wildman–Crippen MR) is 378 cm³/mol. The summed E-state index contributed by atoms with van der Waals surface area (Å²) in [6.07, 6.45) is -3.88. The molecule has 108 heavy (non-hydrogen) atoms. The van der Waals surface area contributed by atoms with Crippen LogP contribution in [0.1, 0.15) is 150 Å². The van der Waals surface area contributed by atoms with Crippen molar-refractivity contribution >= 4 is 58.9 Å². The van der Waals surface area contributed by atoms with Crippen LogP contribution in [-0.4, -0.2) is 148 Å². The van der Waals surface area contributed by atoms with Crippen molar-refractivity contribution in [1.82, 2.24) is 37.2 Å². The van der Waals surface area contributed by atoms with Crippen LogP contribution in [0.5, 0.6) is 57.5 Å². The quantitative estimate of drug-likeness (QED) is 0.0559. The molecule has 13 atom stereocenters. The van der Waals surface area contributed by atoms with Gasteiger partial charge in [-0.05, 0) is 142 Å². The maximum atomic E-state index is 16.4. The van der Waals surface area contributed by atoms with E-state index in [-0.39, 0.29) is 85.4 Å². The number of benzene rings is 7. The van der Waals surface area contributed by atoms with Crippen LogP contribution in [0.4, 0.5) is 0 Å². The van der Waals surface area contributed by atoms with Gasteiger partial charge >= 0.3 is 5.97 Å². The summed E-state index contributed by atoms with van der Waals surface area (Å²) in [5.74, 6) is -16.9. The fraction of sp³-hybridized carbons (Fsp3) is 0.342. The second-order valence-corrected chi connectivity index (χ2v) is 27.8. The number of amides is 7. The van der Waals surface area contributed by atoms with E-state index in [4.69, 9.17) is 41.0 Å². The highest BCUT2D eigenvalue weighted by Gasteiger charge is 2.50. The molecule has 0 saturated carbocycles. The first kappa shape index (κ1) is 75.1. The minimum Gasteiger partial charge on any atom is -0.508 e. The molecule has 0 aromatic heterocycles. The van der Waals surface area contributed by atoms with Crippen molar-refractivity contribution in [2.24, 2.45) is 5.73 Å². The third-order valence-corrected chi connectivity index (χ3v) is 20.2. The van der Waals surface area contributed by atoms with E-state index in [9.17, 15) is 65.4 Å². The second-order valence-electron chi connectivity index (χ2n) is 27.4. The van der Waals surface area contributed by atoms with Gasteiger partial charge in [-0.1, -0.05) is 93.4 Å². The van der Waals surface area contributed by atoms with Crippen molar-refractivity contribution in [3.63, 3.8) is 0 Å². The lowest BCUT2D eigenvalue weighted by Crippen LogP contribution is -2.65. The Balaban J connectivity index is 1.04. The number of ether oxygens (including phenoxy) is 5. The maximum absolute atomic E-state index is 16.4. The van der Waals surface area contributed by atoms with Crippen molar-refractivity contribution in [2.45, 2.75) is 156 Å². The second kappa shape index (κ2) is 30.6. The summed E-state index contributed by atoms with van der Waals surface area (Å²) in [6, 6.07) is 7.05. The number of unbranched alkanes of at least 4 members (excludes halogenated alkanes) is 6. The van der Waals surface area contributed by atoms with Gasteiger partial charge < -0.3 is 118 Å². The number of hydrogen-bond acceptors (Lipinski definition) is 23. The number of hydrogen-bond donors (Lipinski definition) is 18. The summed E-state index contributed by atoms with van der Waals surface area (Å²) >= 11 is 7.14. The highest BCUT2D eigenvalue weighted by atomic mass is 35.5. The number of carboxylic acid groups (broad SMARTS) is 1. The third-order valence-electron chi connectivity index (χ3n) is 19.9. The summed E-state index contributed by atoms with van der Waals surface area (Å²) < 4.78 is 32.7. The van der Waals surface area contributed by atoms with Crippen molar-refractivity contribution < 1.29 is 113 Å². The third kappa shape index (κ3) is 15.0. The molecule has 4 unspecified atom stereocenters. The van der Waals surface area contributed by atoms with Crippen molar-refractivity contribution in [1.29, 1.82) is 0 Å². The number of nitrogens with one attached hydrogen (secondary N) is 7. The number of nitrogens with two attached hydrogens (primary N) is 1. The summed E-state index contributed by atoms with van der Waals surface area (Å²) in [4.78, 5) is 120. The molecule has 7 heterocycles. The lowest BCUT2D eigenvalue weighted by molar-refractivity contribution is -0.244. The minimum atomic E-state index is -3.01. The predicted octanol–water partition coefficient (Wildman–Crippen LogP) is 4.47. The first-order chi connectivity index (χ1) is 51.6. The molecular weight excluding hydrogens is 1430 g/mol. The largest absolute Gasteiger partial charge is 0.508 e. The molecule has 7 amide bonds. The van der Waals surface area contributed by atoms with Gasteiger partial charge in [-0.2, -0.15) is 0 Å². The lowest BCUT2D eigenvalue weighted by atomic mass is 9.90. The van der Waals surface area contributed by atoms with Crippen LogP contribution in [0.3, 0.4) is 0 Å². The molecule has 17 bridgehead atoms. The zero-order valence-corrected chi connectivity index (χ0v) is 58.5. The number of halogens is 1. The SMILES string of the molecule is CCCCCCCCCC(=O)NC1C(O)[C@H](O)C(CO)O[C@H]1Oc1c2cc3cc1Oc1ccc(cc1Cl)[C@@H](O)[C@@H]1NC(=O)[C@H](NC(=O)[C@@H]3NC(=O)C3NC(=O)[C@@H](Cc4ccc(c(C)c4)O2)NC(=O)[C@H](N)c2ccc(O)c(c2)Oc2cc(O)cc3c2)c2ccc3c(c2)-c2c(cc(O)cc2C3(O)O)[C@@H](C(=O)O)NC1=O. The highest BCUT2D eigenvalue weighted by molar-refractivity contribution is 6.32. The number of aliphatic hydroxyl groups excluding tert-OH is 4. The molecule has 7 aromatic rings. The van der Waals surface area contributed by atoms with Gasteiger partial charge in [0, 0.05) is 30.0 Å². The zero-order valence-electron chi connectivity index (χ0n) is 57.8. The molecule has 0 radical (unpaired) electrons. The average Bonchev–Trinajstić information content (AvgIpc) is 1.56. The topological polar surface area (TPSA) is 495 Å². The van der Waals surface area contributed by atoms with Crippen LogP contribution in [-0.2, 0) is 55.3 Å².